The molecular formula is C11H13N3O. The van der Waals surface area contributed by atoms with E-state index in [1.54, 1.807) is 12.1 Å². The molecule has 2 N–H and O–H groups in total. The van der Waals surface area contributed by atoms with Crippen LogP contribution < -0.4 is 10.6 Å². The van der Waals surface area contributed by atoms with Gasteiger partial charge in [0.05, 0.1) is 19.8 Å². The van der Waals surface area contributed by atoms with Gasteiger partial charge in [-0.05, 0) is 12.1 Å². The van der Waals surface area contributed by atoms with Crippen LogP contribution in [0.5, 0.6) is 0 Å². The summed E-state index contributed by atoms with van der Waals surface area (Å²) < 4.78 is 5.27. The van der Waals surface area contributed by atoms with Crippen molar-refractivity contribution in [2.45, 2.75) is 0 Å². The van der Waals surface area contributed by atoms with Gasteiger partial charge in [0.25, 0.3) is 0 Å². The molecule has 1 aromatic carbocycles. The van der Waals surface area contributed by atoms with Crippen LogP contribution in [0.15, 0.2) is 18.2 Å². The third-order valence-corrected chi connectivity index (χ3v) is 2.47. The second kappa shape index (κ2) is 4.20. The number of hydrogen-bond donors (Lipinski definition) is 1. The van der Waals surface area contributed by atoms with Gasteiger partial charge in [-0.2, -0.15) is 0 Å². The number of benzene rings is 1. The first-order valence-corrected chi connectivity index (χ1v) is 4.91. The number of nitrogen functional groups attached to an aromatic ring is 1. The lowest BCUT2D eigenvalue weighted by atomic mass is 10.2. The first-order valence-electron chi connectivity index (χ1n) is 4.91. The summed E-state index contributed by atoms with van der Waals surface area (Å²) in [7, 11) is 0. The molecular weight excluding hydrogens is 190 g/mol. The zero-order valence-electron chi connectivity index (χ0n) is 8.44. The summed E-state index contributed by atoms with van der Waals surface area (Å²) in [5.74, 6) is 0. The van der Waals surface area contributed by atoms with E-state index in [2.05, 4.69) is 9.74 Å². The van der Waals surface area contributed by atoms with Crippen molar-refractivity contribution in [1.29, 1.82) is 0 Å². The van der Waals surface area contributed by atoms with Crippen molar-refractivity contribution in [3.8, 4) is 0 Å². The average Bonchev–Trinajstić information content (AvgIpc) is 2.30. The molecule has 0 amide bonds. The predicted molar refractivity (Wildman–Crippen MR) is 60.1 cm³/mol. The molecule has 1 aliphatic heterocycles. The molecule has 1 aliphatic rings. The normalized spacial score (nSPS) is 16.1. The van der Waals surface area contributed by atoms with Crippen LogP contribution in [0, 0.1) is 6.57 Å². The Morgan fingerprint density at radius 3 is 2.73 bits per heavy atom. The van der Waals surface area contributed by atoms with Gasteiger partial charge in [-0.15, -0.1) is 0 Å². The van der Waals surface area contributed by atoms with Gasteiger partial charge in [0.2, 0.25) is 5.69 Å². The topological polar surface area (TPSA) is 42.8 Å². The van der Waals surface area contributed by atoms with Crippen molar-refractivity contribution in [2.24, 2.45) is 0 Å². The van der Waals surface area contributed by atoms with E-state index in [0.717, 1.165) is 18.8 Å². The van der Waals surface area contributed by atoms with Crippen molar-refractivity contribution < 1.29 is 4.74 Å². The first-order chi connectivity index (χ1) is 7.31. The van der Waals surface area contributed by atoms with Crippen molar-refractivity contribution in [3.05, 3.63) is 29.6 Å². The minimum Gasteiger partial charge on any atom is -0.399 e. The van der Waals surface area contributed by atoms with Crippen molar-refractivity contribution in [1.82, 2.24) is 0 Å². The molecule has 0 unspecified atom stereocenters. The van der Waals surface area contributed by atoms with Crippen LogP contribution >= 0.6 is 0 Å². The Hall–Kier alpha value is -1.73. The van der Waals surface area contributed by atoms with E-state index in [9.17, 15) is 0 Å². The van der Waals surface area contributed by atoms with Crippen LogP contribution in [-0.4, -0.2) is 26.3 Å². The van der Waals surface area contributed by atoms with Crippen LogP contribution in [0.2, 0.25) is 0 Å². The maximum Gasteiger partial charge on any atom is 0.209 e. The minimum atomic E-state index is 0.658. The average molecular weight is 203 g/mol. The Bertz CT molecular complexity index is 391. The van der Waals surface area contributed by atoms with E-state index in [1.165, 1.54) is 0 Å². The number of nitrogens with zero attached hydrogens (tertiary/aromatic N) is 2. The van der Waals surface area contributed by atoms with Gasteiger partial charge in [-0.1, -0.05) is 6.07 Å². The number of nitrogens with two attached hydrogens (primary N) is 1. The maximum atomic E-state index is 7.10. The van der Waals surface area contributed by atoms with Gasteiger partial charge in [0, 0.05) is 24.5 Å². The molecule has 1 heterocycles. The van der Waals surface area contributed by atoms with E-state index in [1.807, 2.05) is 6.07 Å². The Kier molecular flexibility index (Phi) is 2.75. The SMILES string of the molecule is [C-]#[N+]c1ccc(N)cc1N1CCOCC1. The third kappa shape index (κ3) is 2.03. The standard InChI is InChI=1S/C11H13N3O/c1-13-10-3-2-9(12)8-11(10)14-4-6-15-7-5-14/h2-3,8H,4-7,12H2. The molecule has 4 nitrogen and oxygen atoms in total. The highest BCUT2D eigenvalue weighted by Crippen LogP contribution is 2.31. The lowest BCUT2D eigenvalue weighted by molar-refractivity contribution is 0.123. The first kappa shape index (κ1) is 9.81. The lowest BCUT2D eigenvalue weighted by Gasteiger charge is -2.30. The molecule has 0 saturated carbocycles. The van der Waals surface area contributed by atoms with Gasteiger partial charge < -0.3 is 15.4 Å². The molecule has 0 aromatic heterocycles. The molecule has 0 spiro atoms. The molecule has 1 fully saturated rings. The Morgan fingerprint density at radius 1 is 1.33 bits per heavy atom. The van der Waals surface area contributed by atoms with E-state index in [-0.39, 0.29) is 0 Å². The molecule has 0 aliphatic carbocycles. The second-order valence-corrected chi connectivity index (χ2v) is 3.46. The van der Waals surface area contributed by atoms with Crippen LogP contribution in [0.3, 0.4) is 0 Å². The van der Waals surface area contributed by atoms with Crippen LogP contribution in [-0.2, 0) is 4.74 Å². The van der Waals surface area contributed by atoms with Gasteiger partial charge in [-0.3, -0.25) is 0 Å². The molecule has 0 atom stereocenters. The van der Waals surface area contributed by atoms with Gasteiger partial charge in [-0.25, -0.2) is 4.85 Å². The van der Waals surface area contributed by atoms with Gasteiger partial charge in [0.1, 0.15) is 0 Å². The number of hydrogen-bond acceptors (Lipinski definition) is 3. The van der Waals surface area contributed by atoms with Crippen LogP contribution in [0.25, 0.3) is 4.85 Å². The summed E-state index contributed by atoms with van der Waals surface area (Å²) in [5, 5.41) is 0. The fraction of sp³-hybridized carbons (Fsp3) is 0.364. The summed E-state index contributed by atoms with van der Waals surface area (Å²) in [6.45, 7) is 10.2. The monoisotopic (exact) mass is 203 g/mol. The molecule has 0 radical (unpaired) electrons. The van der Waals surface area contributed by atoms with E-state index < -0.39 is 0 Å². The second-order valence-electron chi connectivity index (χ2n) is 3.46. The van der Waals surface area contributed by atoms with Crippen molar-refractivity contribution in [3.63, 3.8) is 0 Å². The van der Waals surface area contributed by atoms with E-state index in [4.69, 9.17) is 17.0 Å². The molecule has 2 rings (SSSR count). The third-order valence-electron chi connectivity index (χ3n) is 2.47. The van der Waals surface area contributed by atoms with E-state index >= 15 is 0 Å². The zero-order valence-corrected chi connectivity index (χ0v) is 8.44. The number of ether oxygens (including phenoxy) is 1. The fourth-order valence-corrected chi connectivity index (χ4v) is 1.69. The highest BCUT2D eigenvalue weighted by Gasteiger charge is 2.14. The largest absolute Gasteiger partial charge is 0.399 e. The molecule has 1 aromatic rings. The summed E-state index contributed by atoms with van der Waals surface area (Å²) >= 11 is 0. The molecule has 1 saturated heterocycles. The quantitative estimate of drug-likeness (QED) is 0.557. The number of rotatable bonds is 1. The van der Waals surface area contributed by atoms with Crippen LogP contribution in [0.4, 0.5) is 17.1 Å². The Labute approximate surface area is 89.1 Å². The van der Waals surface area contributed by atoms with Gasteiger partial charge >= 0.3 is 0 Å². The highest BCUT2D eigenvalue weighted by molar-refractivity contribution is 5.74. The molecule has 15 heavy (non-hydrogen) atoms. The van der Waals surface area contributed by atoms with Crippen molar-refractivity contribution in [2.75, 3.05) is 36.9 Å². The van der Waals surface area contributed by atoms with Crippen molar-refractivity contribution >= 4 is 17.1 Å². The lowest BCUT2D eigenvalue weighted by Crippen LogP contribution is -2.36. The maximum absolute atomic E-state index is 7.10. The summed E-state index contributed by atoms with van der Waals surface area (Å²) in [6, 6.07) is 5.39. The fourth-order valence-electron chi connectivity index (χ4n) is 1.69. The molecule has 0 bridgehead atoms. The smallest absolute Gasteiger partial charge is 0.209 e. The van der Waals surface area contributed by atoms with Gasteiger partial charge in [0.15, 0.2) is 0 Å². The zero-order chi connectivity index (χ0) is 10.7. The molecule has 78 valence electrons. The van der Waals surface area contributed by atoms with Crippen LogP contribution in [0.1, 0.15) is 0 Å². The minimum absolute atomic E-state index is 0.658. The highest BCUT2D eigenvalue weighted by atomic mass is 16.5. The summed E-state index contributed by atoms with van der Waals surface area (Å²) in [5.41, 5.74) is 8.01. The summed E-state index contributed by atoms with van der Waals surface area (Å²) in [4.78, 5) is 5.64. The number of anilines is 2. The molecule has 4 heteroatoms. The predicted octanol–water partition coefficient (Wildman–Crippen LogP) is 1.66. The Balaban J connectivity index is 2.32. The van der Waals surface area contributed by atoms with E-state index in [0.29, 0.717) is 24.6 Å². The summed E-state index contributed by atoms with van der Waals surface area (Å²) in [6.07, 6.45) is 0. The Morgan fingerprint density at radius 2 is 2.07 bits per heavy atom. The number of morpholine rings is 1.